The lowest BCUT2D eigenvalue weighted by Crippen LogP contribution is -2.20. The summed E-state index contributed by atoms with van der Waals surface area (Å²) in [6, 6.07) is 6.79. The molecule has 0 radical (unpaired) electrons. The third-order valence-electron chi connectivity index (χ3n) is 5.80. The number of hydrogen-bond donors (Lipinski definition) is 2. The average molecular weight is 469 g/mol. The molecule has 0 amide bonds. The highest BCUT2D eigenvalue weighted by Crippen LogP contribution is 2.33. The minimum atomic E-state index is -0.451. The van der Waals surface area contributed by atoms with Gasteiger partial charge in [-0.1, -0.05) is 6.08 Å². The van der Waals surface area contributed by atoms with Gasteiger partial charge in [0, 0.05) is 24.4 Å². The molecule has 0 saturated heterocycles. The number of aromatic nitrogens is 7. The molecule has 1 aliphatic rings. The summed E-state index contributed by atoms with van der Waals surface area (Å²) in [6.45, 7) is 3.31. The predicted molar refractivity (Wildman–Crippen MR) is 128 cm³/mol. The van der Waals surface area contributed by atoms with Gasteiger partial charge >= 0.3 is 0 Å². The first-order chi connectivity index (χ1) is 17.2. The molecule has 0 saturated carbocycles. The van der Waals surface area contributed by atoms with Gasteiger partial charge in [0.05, 0.1) is 11.9 Å². The van der Waals surface area contributed by atoms with Gasteiger partial charge in [-0.25, -0.2) is 33.8 Å². The van der Waals surface area contributed by atoms with Crippen LogP contribution in [-0.4, -0.2) is 47.6 Å². The molecule has 4 aromatic heterocycles. The number of anilines is 2. The quantitative estimate of drug-likeness (QED) is 0.396. The fourth-order valence-corrected chi connectivity index (χ4v) is 3.92. The molecule has 5 aromatic rings. The van der Waals surface area contributed by atoms with Gasteiger partial charge < -0.3 is 15.4 Å². The van der Waals surface area contributed by atoms with Gasteiger partial charge in [-0.05, 0) is 43.7 Å². The molecule has 0 atom stereocenters. The number of pyridine rings is 1. The SMILES string of the molecule is Cc1c(Oc2ccn3ncnc3c2)ccc(Nc2ncnc3cnc(C4=CCNCC4)nc23)c1F. The van der Waals surface area contributed by atoms with Crippen LogP contribution in [0.25, 0.3) is 22.3 Å². The van der Waals surface area contributed by atoms with E-state index in [1.165, 1.54) is 12.7 Å². The number of hydrogen-bond acceptors (Lipinski definition) is 9. The number of benzene rings is 1. The minimum absolute atomic E-state index is 0.254. The Morgan fingerprint density at radius 2 is 2.06 bits per heavy atom. The Labute approximate surface area is 199 Å². The molecule has 1 aliphatic heterocycles. The molecule has 5 heterocycles. The van der Waals surface area contributed by atoms with Gasteiger partial charge in [-0.2, -0.15) is 5.10 Å². The number of nitrogens with one attached hydrogen (secondary N) is 2. The fraction of sp³-hybridized carbons (Fsp3) is 0.167. The molecular weight excluding hydrogens is 449 g/mol. The van der Waals surface area contributed by atoms with E-state index in [2.05, 4.69) is 46.7 Å². The molecule has 0 aliphatic carbocycles. The first-order valence-corrected chi connectivity index (χ1v) is 11.1. The minimum Gasteiger partial charge on any atom is -0.457 e. The topological polar surface area (TPSA) is 115 Å². The van der Waals surface area contributed by atoms with Crippen LogP contribution in [0.1, 0.15) is 17.8 Å². The van der Waals surface area contributed by atoms with Crippen LogP contribution in [0, 0.1) is 12.7 Å². The van der Waals surface area contributed by atoms with E-state index in [9.17, 15) is 0 Å². The van der Waals surface area contributed by atoms with E-state index < -0.39 is 5.82 Å². The van der Waals surface area contributed by atoms with Crippen molar-refractivity contribution >= 4 is 33.8 Å². The average Bonchev–Trinajstić information content (AvgIpc) is 3.37. The monoisotopic (exact) mass is 469 g/mol. The van der Waals surface area contributed by atoms with Crippen molar-refractivity contribution in [1.29, 1.82) is 0 Å². The van der Waals surface area contributed by atoms with E-state index in [-0.39, 0.29) is 5.69 Å². The van der Waals surface area contributed by atoms with Gasteiger partial charge in [0.2, 0.25) is 0 Å². The Morgan fingerprint density at radius 3 is 2.94 bits per heavy atom. The van der Waals surface area contributed by atoms with Crippen LogP contribution in [0.2, 0.25) is 0 Å². The van der Waals surface area contributed by atoms with Gasteiger partial charge in [0.1, 0.15) is 35.2 Å². The van der Waals surface area contributed by atoms with Crippen molar-refractivity contribution in [2.24, 2.45) is 0 Å². The molecular formula is C24H20FN9O. The molecule has 0 unspecified atom stereocenters. The Morgan fingerprint density at radius 1 is 1.11 bits per heavy atom. The molecule has 0 bridgehead atoms. The zero-order chi connectivity index (χ0) is 23.8. The Hall–Kier alpha value is -4.51. The summed E-state index contributed by atoms with van der Waals surface area (Å²) in [4.78, 5) is 21.9. The highest BCUT2D eigenvalue weighted by atomic mass is 19.1. The molecule has 11 heteroatoms. The smallest absolute Gasteiger partial charge is 0.160 e. The summed E-state index contributed by atoms with van der Waals surface area (Å²) in [6.07, 6.45) is 9.16. The third kappa shape index (κ3) is 4.02. The second-order valence-electron chi connectivity index (χ2n) is 8.04. The van der Waals surface area contributed by atoms with Crippen molar-refractivity contribution in [2.75, 3.05) is 18.4 Å². The Bertz CT molecular complexity index is 1600. The van der Waals surface area contributed by atoms with E-state index in [0.29, 0.717) is 45.4 Å². The normalized spacial score (nSPS) is 13.7. The lowest BCUT2D eigenvalue weighted by molar-refractivity contribution is 0.471. The van der Waals surface area contributed by atoms with Crippen LogP contribution in [0.4, 0.5) is 15.9 Å². The molecule has 174 valence electrons. The van der Waals surface area contributed by atoms with E-state index >= 15 is 4.39 Å². The van der Waals surface area contributed by atoms with Crippen LogP contribution in [0.3, 0.4) is 0 Å². The van der Waals surface area contributed by atoms with Gasteiger partial charge in [0.25, 0.3) is 0 Å². The zero-order valence-corrected chi connectivity index (χ0v) is 18.7. The van der Waals surface area contributed by atoms with Crippen molar-refractivity contribution in [1.82, 2.24) is 39.9 Å². The fourth-order valence-electron chi connectivity index (χ4n) is 3.92. The molecule has 0 fully saturated rings. The second-order valence-corrected chi connectivity index (χ2v) is 8.04. The predicted octanol–water partition coefficient (Wildman–Crippen LogP) is 3.82. The maximum Gasteiger partial charge on any atom is 0.160 e. The van der Waals surface area contributed by atoms with Gasteiger partial charge in [-0.3, -0.25) is 0 Å². The number of halogens is 1. The third-order valence-corrected chi connectivity index (χ3v) is 5.80. The maximum atomic E-state index is 15.4. The largest absolute Gasteiger partial charge is 0.457 e. The van der Waals surface area contributed by atoms with Crippen molar-refractivity contribution in [2.45, 2.75) is 13.3 Å². The van der Waals surface area contributed by atoms with Crippen LogP contribution < -0.4 is 15.4 Å². The first kappa shape index (κ1) is 21.1. The van der Waals surface area contributed by atoms with Crippen LogP contribution in [0.5, 0.6) is 11.5 Å². The molecule has 6 rings (SSSR count). The summed E-state index contributed by atoms with van der Waals surface area (Å²) < 4.78 is 22.9. The van der Waals surface area contributed by atoms with Crippen LogP contribution >= 0.6 is 0 Å². The standard InChI is InChI=1S/C24H20FN9O/c1-14-19(35-16-6-9-34-20(10-16)29-13-31-34)3-2-17(21(14)25)32-24-22-18(28-12-30-24)11-27-23(33-22)15-4-7-26-8-5-15/h2-4,6,9-13,26H,5,7-8H2,1H3,(H,28,30,32). The molecule has 0 spiro atoms. The summed E-state index contributed by atoms with van der Waals surface area (Å²) >= 11 is 0. The number of ether oxygens (including phenoxy) is 1. The van der Waals surface area contributed by atoms with Crippen LogP contribution in [-0.2, 0) is 0 Å². The summed E-state index contributed by atoms with van der Waals surface area (Å²) in [7, 11) is 0. The highest BCUT2D eigenvalue weighted by molar-refractivity contribution is 5.87. The molecule has 1 aromatic carbocycles. The molecule has 10 nitrogen and oxygen atoms in total. The maximum absolute atomic E-state index is 15.4. The van der Waals surface area contributed by atoms with E-state index in [1.807, 2.05) is 0 Å². The van der Waals surface area contributed by atoms with Crippen molar-refractivity contribution in [3.8, 4) is 11.5 Å². The number of nitrogens with zero attached hydrogens (tertiary/aromatic N) is 7. The van der Waals surface area contributed by atoms with Gasteiger partial charge in [-0.15, -0.1) is 0 Å². The van der Waals surface area contributed by atoms with Gasteiger partial charge in [0.15, 0.2) is 23.1 Å². The van der Waals surface area contributed by atoms with E-state index in [0.717, 1.165) is 25.1 Å². The van der Waals surface area contributed by atoms with Crippen molar-refractivity contribution in [3.63, 3.8) is 0 Å². The Kier molecular flexibility index (Phi) is 5.23. The van der Waals surface area contributed by atoms with E-state index in [1.54, 1.807) is 48.1 Å². The molecule has 2 N–H and O–H groups in total. The summed E-state index contributed by atoms with van der Waals surface area (Å²) in [5.41, 5.74) is 3.40. The second kappa shape index (κ2) is 8.69. The van der Waals surface area contributed by atoms with Crippen LogP contribution in [0.15, 0.2) is 55.4 Å². The molecule has 35 heavy (non-hydrogen) atoms. The summed E-state index contributed by atoms with van der Waals surface area (Å²) in [5, 5.41) is 10.4. The lowest BCUT2D eigenvalue weighted by atomic mass is 10.1. The number of rotatable bonds is 5. The zero-order valence-electron chi connectivity index (χ0n) is 18.7. The van der Waals surface area contributed by atoms with Crippen molar-refractivity contribution in [3.05, 3.63) is 72.6 Å². The number of fused-ring (bicyclic) bond motifs is 2. The van der Waals surface area contributed by atoms with E-state index in [4.69, 9.17) is 4.74 Å². The summed E-state index contributed by atoms with van der Waals surface area (Å²) in [5.74, 6) is 1.51. The highest BCUT2D eigenvalue weighted by Gasteiger charge is 2.16. The van der Waals surface area contributed by atoms with Crippen molar-refractivity contribution < 1.29 is 9.13 Å². The lowest BCUT2D eigenvalue weighted by Gasteiger charge is -2.15. The first-order valence-electron chi connectivity index (χ1n) is 11.1. The Balaban J connectivity index is 1.31.